The highest BCUT2D eigenvalue weighted by Gasteiger charge is 2.27. The van der Waals surface area contributed by atoms with Crippen LogP contribution in [0.15, 0.2) is 0 Å². The number of likely N-dealkylation sites (tertiary alicyclic amines) is 1. The molecule has 4 nitrogen and oxygen atoms in total. The van der Waals surface area contributed by atoms with E-state index in [0.717, 1.165) is 26.1 Å². The van der Waals surface area contributed by atoms with Crippen molar-refractivity contribution in [3.8, 4) is 0 Å². The number of methoxy groups -OCH3 is 1. The van der Waals surface area contributed by atoms with E-state index in [9.17, 15) is 4.79 Å². The first-order chi connectivity index (χ1) is 8.05. The van der Waals surface area contributed by atoms with E-state index in [1.165, 1.54) is 13.5 Å². The SMILES string of the molecule is CCC1CC(NC(=O)OC)CN(CC(C)C)C1. The minimum atomic E-state index is -0.309. The second-order valence-corrected chi connectivity index (χ2v) is 5.46. The van der Waals surface area contributed by atoms with E-state index in [1.54, 1.807) is 0 Å². The number of carbonyl (C=O) groups excluding carboxylic acids is 1. The Morgan fingerprint density at radius 1 is 1.47 bits per heavy atom. The average molecular weight is 242 g/mol. The summed E-state index contributed by atoms with van der Waals surface area (Å²) in [6.07, 6.45) is 1.94. The van der Waals surface area contributed by atoms with E-state index >= 15 is 0 Å². The summed E-state index contributed by atoms with van der Waals surface area (Å²) in [7, 11) is 1.42. The van der Waals surface area contributed by atoms with Crippen LogP contribution in [0.25, 0.3) is 0 Å². The Bertz CT molecular complexity index is 244. The van der Waals surface area contributed by atoms with Crippen LogP contribution in [-0.4, -0.2) is 43.8 Å². The molecular formula is C13H26N2O2. The molecule has 0 aliphatic carbocycles. The number of rotatable bonds is 4. The maximum Gasteiger partial charge on any atom is 0.407 e. The molecule has 2 unspecified atom stereocenters. The molecule has 1 aliphatic heterocycles. The maximum atomic E-state index is 11.3. The minimum absolute atomic E-state index is 0.236. The van der Waals surface area contributed by atoms with Gasteiger partial charge in [0.2, 0.25) is 0 Å². The molecule has 1 amide bonds. The molecule has 0 radical (unpaired) electrons. The van der Waals surface area contributed by atoms with Crippen LogP contribution < -0.4 is 5.32 Å². The van der Waals surface area contributed by atoms with Gasteiger partial charge in [0.25, 0.3) is 0 Å². The van der Waals surface area contributed by atoms with Crippen LogP contribution in [-0.2, 0) is 4.74 Å². The van der Waals surface area contributed by atoms with Gasteiger partial charge in [-0.25, -0.2) is 4.79 Å². The van der Waals surface area contributed by atoms with Gasteiger partial charge in [0, 0.05) is 25.7 Å². The quantitative estimate of drug-likeness (QED) is 0.821. The smallest absolute Gasteiger partial charge is 0.407 e. The van der Waals surface area contributed by atoms with Crippen LogP contribution in [0.4, 0.5) is 4.79 Å². The Morgan fingerprint density at radius 3 is 2.71 bits per heavy atom. The lowest BCUT2D eigenvalue weighted by molar-refractivity contribution is 0.115. The third-order valence-corrected chi connectivity index (χ3v) is 3.32. The molecule has 2 atom stereocenters. The van der Waals surface area contributed by atoms with E-state index in [2.05, 4.69) is 35.7 Å². The van der Waals surface area contributed by atoms with Gasteiger partial charge in [-0.15, -0.1) is 0 Å². The predicted octanol–water partition coefficient (Wildman–Crippen LogP) is 2.10. The van der Waals surface area contributed by atoms with Gasteiger partial charge in [0.15, 0.2) is 0 Å². The van der Waals surface area contributed by atoms with Gasteiger partial charge < -0.3 is 15.0 Å². The molecule has 0 bridgehead atoms. The average Bonchev–Trinajstić information content (AvgIpc) is 2.27. The molecule has 1 aliphatic rings. The summed E-state index contributed by atoms with van der Waals surface area (Å²) < 4.78 is 4.67. The second-order valence-electron chi connectivity index (χ2n) is 5.46. The Kier molecular flexibility index (Phi) is 5.75. The third-order valence-electron chi connectivity index (χ3n) is 3.32. The molecule has 1 saturated heterocycles. The third kappa shape index (κ3) is 4.94. The van der Waals surface area contributed by atoms with Crippen molar-refractivity contribution in [2.24, 2.45) is 11.8 Å². The predicted molar refractivity (Wildman–Crippen MR) is 69.0 cm³/mol. The molecule has 1 rings (SSSR count). The van der Waals surface area contributed by atoms with Gasteiger partial charge in [-0.05, 0) is 18.3 Å². The second kappa shape index (κ2) is 6.84. The highest BCUT2D eigenvalue weighted by Crippen LogP contribution is 2.20. The summed E-state index contributed by atoms with van der Waals surface area (Å²) in [5.74, 6) is 1.36. The van der Waals surface area contributed by atoms with Gasteiger partial charge in [-0.1, -0.05) is 27.2 Å². The summed E-state index contributed by atoms with van der Waals surface area (Å²) in [5.41, 5.74) is 0. The lowest BCUT2D eigenvalue weighted by Crippen LogP contribution is -2.51. The Balaban J connectivity index is 2.50. The van der Waals surface area contributed by atoms with Crippen LogP contribution in [0.2, 0.25) is 0 Å². The first-order valence-corrected chi connectivity index (χ1v) is 6.62. The summed E-state index contributed by atoms with van der Waals surface area (Å²) in [5, 5.41) is 2.93. The molecule has 0 saturated carbocycles. The number of piperidine rings is 1. The van der Waals surface area contributed by atoms with Crippen LogP contribution in [0.5, 0.6) is 0 Å². The number of amides is 1. The molecule has 17 heavy (non-hydrogen) atoms. The number of ether oxygens (including phenoxy) is 1. The molecule has 0 aromatic heterocycles. The molecule has 0 aromatic carbocycles. The van der Waals surface area contributed by atoms with Crippen LogP contribution in [0, 0.1) is 11.8 Å². The van der Waals surface area contributed by atoms with Crippen molar-refractivity contribution in [2.75, 3.05) is 26.7 Å². The van der Waals surface area contributed by atoms with Gasteiger partial charge >= 0.3 is 6.09 Å². The Labute approximate surface area is 105 Å². The van der Waals surface area contributed by atoms with E-state index in [4.69, 9.17) is 0 Å². The fourth-order valence-electron chi connectivity index (χ4n) is 2.59. The zero-order valence-corrected chi connectivity index (χ0v) is 11.5. The summed E-state index contributed by atoms with van der Waals surface area (Å²) in [4.78, 5) is 13.7. The first kappa shape index (κ1) is 14.3. The highest BCUT2D eigenvalue weighted by atomic mass is 16.5. The van der Waals surface area contributed by atoms with Gasteiger partial charge in [0.1, 0.15) is 0 Å². The van der Waals surface area contributed by atoms with Crippen molar-refractivity contribution in [3.05, 3.63) is 0 Å². The van der Waals surface area contributed by atoms with Crippen LogP contribution >= 0.6 is 0 Å². The highest BCUT2D eigenvalue weighted by molar-refractivity contribution is 5.67. The molecule has 1 N–H and O–H groups in total. The molecule has 0 aromatic rings. The van der Waals surface area contributed by atoms with E-state index < -0.39 is 0 Å². The lowest BCUT2D eigenvalue weighted by atomic mass is 9.91. The lowest BCUT2D eigenvalue weighted by Gasteiger charge is -2.38. The number of alkyl carbamates (subject to hydrolysis) is 1. The van der Waals surface area contributed by atoms with Crippen molar-refractivity contribution in [3.63, 3.8) is 0 Å². The van der Waals surface area contributed by atoms with Gasteiger partial charge in [-0.3, -0.25) is 0 Å². The Hall–Kier alpha value is -0.770. The summed E-state index contributed by atoms with van der Waals surface area (Å²) in [6, 6.07) is 0.236. The standard InChI is InChI=1S/C13H26N2O2/c1-5-11-6-12(14-13(16)17-4)9-15(8-11)7-10(2)3/h10-12H,5-9H2,1-4H3,(H,14,16). The van der Waals surface area contributed by atoms with Crippen molar-refractivity contribution < 1.29 is 9.53 Å². The topological polar surface area (TPSA) is 41.6 Å². The van der Waals surface area contributed by atoms with Crippen molar-refractivity contribution in [1.82, 2.24) is 10.2 Å². The normalized spacial score (nSPS) is 25.9. The molecule has 0 spiro atoms. The molecule has 4 heteroatoms. The van der Waals surface area contributed by atoms with Crippen LogP contribution in [0.1, 0.15) is 33.6 Å². The van der Waals surface area contributed by atoms with Crippen molar-refractivity contribution in [2.45, 2.75) is 39.7 Å². The molecular weight excluding hydrogens is 216 g/mol. The number of carbonyl (C=O) groups is 1. The van der Waals surface area contributed by atoms with E-state index in [1.807, 2.05) is 0 Å². The fraction of sp³-hybridized carbons (Fsp3) is 0.923. The zero-order valence-electron chi connectivity index (χ0n) is 11.5. The first-order valence-electron chi connectivity index (χ1n) is 6.62. The fourth-order valence-corrected chi connectivity index (χ4v) is 2.59. The number of nitrogens with one attached hydrogen (secondary N) is 1. The van der Waals surface area contributed by atoms with E-state index in [0.29, 0.717) is 11.8 Å². The summed E-state index contributed by atoms with van der Waals surface area (Å²) >= 11 is 0. The van der Waals surface area contributed by atoms with Gasteiger partial charge in [-0.2, -0.15) is 0 Å². The number of hydrogen-bond donors (Lipinski definition) is 1. The zero-order chi connectivity index (χ0) is 12.8. The number of hydrogen-bond acceptors (Lipinski definition) is 3. The Morgan fingerprint density at radius 2 is 2.18 bits per heavy atom. The minimum Gasteiger partial charge on any atom is -0.453 e. The largest absolute Gasteiger partial charge is 0.453 e. The monoisotopic (exact) mass is 242 g/mol. The number of nitrogens with zero attached hydrogens (tertiary/aromatic N) is 1. The molecule has 100 valence electrons. The van der Waals surface area contributed by atoms with Gasteiger partial charge in [0.05, 0.1) is 7.11 Å². The maximum absolute atomic E-state index is 11.3. The van der Waals surface area contributed by atoms with Crippen molar-refractivity contribution >= 4 is 6.09 Å². The molecule has 1 heterocycles. The van der Waals surface area contributed by atoms with E-state index in [-0.39, 0.29) is 12.1 Å². The van der Waals surface area contributed by atoms with Crippen molar-refractivity contribution in [1.29, 1.82) is 0 Å². The molecule has 1 fully saturated rings. The van der Waals surface area contributed by atoms with Crippen LogP contribution in [0.3, 0.4) is 0 Å². The summed E-state index contributed by atoms with van der Waals surface area (Å²) in [6.45, 7) is 9.91.